The number of unbranched alkanes of at least 4 members (excludes halogenated alkanes) is 6. The number of anilines is 1. The molecule has 0 aliphatic carbocycles. The lowest BCUT2D eigenvalue weighted by Gasteiger charge is -2.06. The highest BCUT2D eigenvalue weighted by Gasteiger charge is 2.07. The second kappa shape index (κ2) is 14.6. The molecule has 0 atom stereocenters. The van der Waals surface area contributed by atoms with Gasteiger partial charge in [0.1, 0.15) is 5.75 Å². The van der Waals surface area contributed by atoms with Gasteiger partial charge in [0.2, 0.25) is 5.13 Å². The number of benzene rings is 1. The number of thiazole rings is 1. The Morgan fingerprint density at radius 2 is 1.83 bits per heavy atom. The van der Waals surface area contributed by atoms with Gasteiger partial charge in [-0.3, -0.25) is 10.2 Å². The Kier molecular flexibility index (Phi) is 11.6. The van der Waals surface area contributed by atoms with E-state index in [1.54, 1.807) is 13.1 Å². The van der Waals surface area contributed by atoms with E-state index in [-0.39, 0.29) is 12.4 Å². The van der Waals surface area contributed by atoms with E-state index in [0.29, 0.717) is 17.4 Å². The number of esters is 1. The topological polar surface area (TPSA) is 72.8 Å². The second-order valence-corrected chi connectivity index (χ2v) is 7.89. The predicted molar refractivity (Wildman–Crippen MR) is 124 cm³/mol. The molecule has 164 valence electrons. The smallest absolute Gasteiger partial charge is 0.311 e. The first kappa shape index (κ1) is 23.9. The van der Waals surface area contributed by atoms with E-state index in [4.69, 9.17) is 9.47 Å². The van der Waals surface area contributed by atoms with Gasteiger partial charge in [-0.1, -0.05) is 45.4 Å². The fourth-order valence-corrected chi connectivity index (χ4v) is 3.52. The lowest BCUT2D eigenvalue weighted by atomic mass is 10.1. The molecule has 2 rings (SSSR count). The van der Waals surface area contributed by atoms with Gasteiger partial charge >= 0.3 is 5.97 Å². The summed E-state index contributed by atoms with van der Waals surface area (Å²) in [5.74, 6) is 0.613. The number of carbonyl (C=O) groups excluding carboxylic acids is 1. The molecule has 1 aromatic heterocycles. The van der Waals surface area contributed by atoms with Crippen LogP contribution < -0.4 is 10.2 Å². The van der Waals surface area contributed by atoms with E-state index in [2.05, 4.69) is 22.4 Å². The van der Waals surface area contributed by atoms with Gasteiger partial charge < -0.3 is 9.47 Å². The van der Waals surface area contributed by atoms with E-state index in [9.17, 15) is 4.79 Å². The Morgan fingerprint density at radius 3 is 2.57 bits per heavy atom. The summed E-state index contributed by atoms with van der Waals surface area (Å²) < 4.78 is 10.7. The molecule has 6 nitrogen and oxygen atoms in total. The molecule has 1 aromatic carbocycles. The summed E-state index contributed by atoms with van der Waals surface area (Å²) in [5, 5.41) is 6.67. The minimum absolute atomic E-state index is 0.177. The first-order chi connectivity index (χ1) is 14.7. The first-order valence-corrected chi connectivity index (χ1v) is 11.7. The van der Waals surface area contributed by atoms with Crippen molar-refractivity contribution in [1.29, 1.82) is 0 Å². The zero-order valence-electron chi connectivity index (χ0n) is 18.1. The van der Waals surface area contributed by atoms with E-state index in [1.165, 1.54) is 49.9 Å². The Labute approximate surface area is 183 Å². The van der Waals surface area contributed by atoms with Crippen LogP contribution in [0.2, 0.25) is 0 Å². The number of hydrazone groups is 1. The highest BCUT2D eigenvalue weighted by atomic mass is 32.1. The number of rotatable bonds is 15. The normalized spacial score (nSPS) is 11.0. The molecule has 1 heterocycles. The summed E-state index contributed by atoms with van der Waals surface area (Å²) in [4.78, 5) is 15.8. The Balaban J connectivity index is 1.65. The van der Waals surface area contributed by atoms with Crippen LogP contribution in [-0.2, 0) is 16.0 Å². The van der Waals surface area contributed by atoms with Crippen LogP contribution in [0.3, 0.4) is 0 Å². The van der Waals surface area contributed by atoms with Gasteiger partial charge in [-0.25, -0.2) is 4.98 Å². The third-order valence-corrected chi connectivity index (χ3v) is 5.25. The van der Waals surface area contributed by atoms with Crippen molar-refractivity contribution < 1.29 is 14.3 Å². The lowest BCUT2D eigenvalue weighted by Crippen LogP contribution is -2.07. The van der Waals surface area contributed by atoms with E-state index in [1.807, 2.05) is 29.6 Å². The number of aromatic nitrogens is 1. The fraction of sp³-hybridized carbons (Fsp3) is 0.522. The van der Waals surface area contributed by atoms with Gasteiger partial charge in [0.15, 0.2) is 0 Å². The number of carbonyl (C=O) groups is 1. The van der Waals surface area contributed by atoms with Crippen LogP contribution in [-0.4, -0.2) is 30.4 Å². The molecule has 0 amide bonds. The number of hydrogen-bond donors (Lipinski definition) is 1. The minimum Gasteiger partial charge on any atom is -0.494 e. The monoisotopic (exact) mass is 431 g/mol. The van der Waals surface area contributed by atoms with Gasteiger partial charge in [-0.15, -0.1) is 11.3 Å². The highest BCUT2D eigenvalue weighted by Crippen LogP contribution is 2.16. The molecule has 0 aliphatic heterocycles. The molecule has 0 aliphatic rings. The standard InChI is InChI=1S/C23H33N3O3S/c1-3-5-6-7-8-9-10-15-29-21-13-11-19(12-14-21)17-24-26-23-25-20(18-30-23)16-22(27)28-4-2/h11-14,17-18H,3-10,15-16H2,1-2H3,(H,25,26). The van der Waals surface area contributed by atoms with Crippen LogP contribution in [0.5, 0.6) is 5.75 Å². The van der Waals surface area contributed by atoms with Crippen LogP contribution in [0.1, 0.15) is 70.1 Å². The van der Waals surface area contributed by atoms with Gasteiger partial charge in [0.05, 0.1) is 31.5 Å². The molecular weight excluding hydrogens is 398 g/mol. The summed E-state index contributed by atoms with van der Waals surface area (Å²) >= 11 is 1.40. The highest BCUT2D eigenvalue weighted by molar-refractivity contribution is 7.13. The summed E-state index contributed by atoms with van der Waals surface area (Å²) in [6.45, 7) is 5.17. The summed E-state index contributed by atoms with van der Waals surface area (Å²) in [7, 11) is 0. The quantitative estimate of drug-likeness (QED) is 0.166. The number of nitrogens with zero attached hydrogens (tertiary/aromatic N) is 2. The molecule has 0 radical (unpaired) electrons. The Bertz CT molecular complexity index is 759. The zero-order chi connectivity index (χ0) is 21.4. The van der Waals surface area contributed by atoms with Gasteiger partial charge in [0.25, 0.3) is 0 Å². The first-order valence-electron chi connectivity index (χ1n) is 10.8. The summed E-state index contributed by atoms with van der Waals surface area (Å²) in [5.41, 5.74) is 4.54. The molecule has 1 N–H and O–H groups in total. The molecule has 2 aromatic rings. The molecular formula is C23H33N3O3S. The van der Waals surface area contributed by atoms with E-state index in [0.717, 1.165) is 24.3 Å². The van der Waals surface area contributed by atoms with E-state index >= 15 is 0 Å². The van der Waals surface area contributed by atoms with Crippen molar-refractivity contribution in [2.75, 3.05) is 18.6 Å². The average Bonchev–Trinajstić information content (AvgIpc) is 3.18. The van der Waals surface area contributed by atoms with Crippen LogP contribution in [0.25, 0.3) is 0 Å². The second-order valence-electron chi connectivity index (χ2n) is 7.03. The predicted octanol–water partition coefficient (Wildman–Crippen LogP) is 5.82. The summed E-state index contributed by atoms with van der Waals surface area (Å²) in [6.07, 6.45) is 10.9. The number of ether oxygens (including phenoxy) is 2. The van der Waals surface area contributed by atoms with Gasteiger partial charge in [-0.2, -0.15) is 5.10 Å². The summed E-state index contributed by atoms with van der Waals surface area (Å²) in [6, 6.07) is 7.87. The van der Waals surface area contributed by atoms with Crippen molar-refractivity contribution in [1.82, 2.24) is 4.98 Å². The van der Waals surface area contributed by atoms with Crippen molar-refractivity contribution >= 4 is 28.7 Å². The fourth-order valence-electron chi connectivity index (χ4n) is 2.86. The third-order valence-electron chi connectivity index (χ3n) is 4.45. The molecule has 0 saturated carbocycles. The average molecular weight is 432 g/mol. The van der Waals surface area contributed by atoms with Crippen molar-refractivity contribution in [3.8, 4) is 5.75 Å². The maximum atomic E-state index is 11.5. The van der Waals surface area contributed by atoms with Crippen molar-refractivity contribution in [3.63, 3.8) is 0 Å². The Hall–Kier alpha value is -2.41. The SMILES string of the molecule is CCCCCCCCCOc1ccc(C=NNc2nc(CC(=O)OCC)cs2)cc1. The lowest BCUT2D eigenvalue weighted by molar-refractivity contribution is -0.142. The molecule has 0 bridgehead atoms. The number of hydrogen-bond acceptors (Lipinski definition) is 7. The Morgan fingerprint density at radius 1 is 1.10 bits per heavy atom. The van der Waals surface area contributed by atoms with Crippen LogP contribution in [0.4, 0.5) is 5.13 Å². The van der Waals surface area contributed by atoms with Crippen molar-refractivity contribution in [2.24, 2.45) is 5.10 Å². The number of nitrogens with one attached hydrogen (secondary N) is 1. The maximum absolute atomic E-state index is 11.5. The molecule has 7 heteroatoms. The maximum Gasteiger partial charge on any atom is 0.311 e. The van der Waals surface area contributed by atoms with Crippen LogP contribution >= 0.6 is 11.3 Å². The van der Waals surface area contributed by atoms with Crippen LogP contribution in [0, 0.1) is 0 Å². The molecule has 0 fully saturated rings. The van der Waals surface area contributed by atoms with Crippen molar-refractivity contribution in [3.05, 3.63) is 40.9 Å². The molecule has 0 saturated heterocycles. The van der Waals surface area contributed by atoms with Crippen LogP contribution in [0.15, 0.2) is 34.7 Å². The van der Waals surface area contributed by atoms with Gasteiger partial charge in [0, 0.05) is 5.38 Å². The third kappa shape index (κ3) is 9.87. The molecule has 0 spiro atoms. The largest absolute Gasteiger partial charge is 0.494 e. The molecule has 0 unspecified atom stereocenters. The van der Waals surface area contributed by atoms with Gasteiger partial charge in [-0.05, 0) is 43.2 Å². The molecule has 30 heavy (non-hydrogen) atoms. The zero-order valence-corrected chi connectivity index (χ0v) is 18.9. The van der Waals surface area contributed by atoms with E-state index < -0.39 is 0 Å². The van der Waals surface area contributed by atoms with Crippen molar-refractivity contribution in [2.45, 2.75) is 65.2 Å². The minimum atomic E-state index is -0.271.